The van der Waals surface area contributed by atoms with E-state index in [4.69, 9.17) is 0 Å². The Hall–Kier alpha value is -2.26. The summed E-state index contributed by atoms with van der Waals surface area (Å²) < 4.78 is 29.6. The number of hydrogen-bond acceptors (Lipinski definition) is 5. The van der Waals surface area contributed by atoms with Crippen molar-refractivity contribution in [3.8, 4) is 0 Å². The maximum atomic E-state index is 15.1. The fourth-order valence-electron chi connectivity index (χ4n) is 3.80. The summed E-state index contributed by atoms with van der Waals surface area (Å²) in [5, 5.41) is 5.31. The first-order chi connectivity index (χ1) is 12.5. The maximum Gasteiger partial charge on any atom is 0.255 e. The largest absolute Gasteiger partial charge is 0.364 e. The number of nitrogens with zero attached hydrogens (tertiary/aromatic N) is 2. The number of piperazine rings is 1. The van der Waals surface area contributed by atoms with Crippen LogP contribution in [0.1, 0.15) is 28.8 Å². The number of rotatable bonds is 2. The van der Waals surface area contributed by atoms with Crippen LogP contribution in [0.3, 0.4) is 0 Å². The Morgan fingerprint density at radius 1 is 1.11 bits per heavy atom. The highest BCUT2D eigenvalue weighted by molar-refractivity contribution is 6.05. The molecule has 4 rings (SSSR count). The van der Waals surface area contributed by atoms with E-state index < -0.39 is 35.4 Å². The number of carbonyl (C=O) groups excluding carboxylic acids is 3. The number of fused-ring (bicyclic) bond motifs is 1. The molecular formula is C17H19ClF2N4O3. The van der Waals surface area contributed by atoms with Gasteiger partial charge in [0.05, 0.1) is 12.1 Å². The zero-order valence-corrected chi connectivity index (χ0v) is 15.2. The summed E-state index contributed by atoms with van der Waals surface area (Å²) in [6.45, 7) is 2.08. The third-order valence-electron chi connectivity index (χ3n) is 5.13. The van der Waals surface area contributed by atoms with Gasteiger partial charge in [-0.2, -0.15) is 0 Å². The van der Waals surface area contributed by atoms with E-state index in [2.05, 4.69) is 10.6 Å². The summed E-state index contributed by atoms with van der Waals surface area (Å²) >= 11 is 0. The molecule has 3 amide bonds. The minimum absolute atomic E-state index is 0. The Morgan fingerprint density at radius 3 is 2.48 bits per heavy atom. The number of piperidine rings is 1. The van der Waals surface area contributed by atoms with E-state index in [1.807, 2.05) is 0 Å². The van der Waals surface area contributed by atoms with E-state index in [1.54, 1.807) is 4.90 Å². The molecule has 0 saturated carbocycles. The zero-order chi connectivity index (χ0) is 18.4. The van der Waals surface area contributed by atoms with Crippen LogP contribution in [-0.4, -0.2) is 54.8 Å². The van der Waals surface area contributed by atoms with Crippen molar-refractivity contribution < 1.29 is 23.2 Å². The summed E-state index contributed by atoms with van der Waals surface area (Å²) in [6, 6.07) is 0.210. The molecule has 0 spiro atoms. The van der Waals surface area contributed by atoms with Crippen molar-refractivity contribution in [2.75, 3.05) is 31.1 Å². The highest BCUT2D eigenvalue weighted by Crippen LogP contribution is 2.35. The fourth-order valence-corrected chi connectivity index (χ4v) is 3.80. The number of benzene rings is 1. The van der Waals surface area contributed by atoms with Crippen LogP contribution in [-0.2, 0) is 16.1 Å². The highest BCUT2D eigenvalue weighted by Gasteiger charge is 2.41. The van der Waals surface area contributed by atoms with E-state index in [0.29, 0.717) is 26.2 Å². The molecule has 146 valence electrons. The number of carbonyl (C=O) groups is 3. The lowest BCUT2D eigenvalue weighted by Crippen LogP contribution is -2.52. The molecule has 1 aromatic carbocycles. The van der Waals surface area contributed by atoms with Crippen molar-refractivity contribution in [3.63, 3.8) is 0 Å². The molecule has 2 N–H and O–H groups in total. The summed E-state index contributed by atoms with van der Waals surface area (Å²) in [4.78, 5) is 38.8. The molecule has 3 heterocycles. The number of anilines is 1. The molecule has 27 heavy (non-hydrogen) atoms. The molecule has 1 unspecified atom stereocenters. The molecular weight excluding hydrogens is 382 g/mol. The Bertz CT molecular complexity index is 814. The summed E-state index contributed by atoms with van der Waals surface area (Å²) in [5.41, 5.74) is -0.0682. The Labute approximate surface area is 160 Å². The highest BCUT2D eigenvalue weighted by atomic mass is 35.5. The smallest absolute Gasteiger partial charge is 0.255 e. The first-order valence-electron chi connectivity index (χ1n) is 8.58. The third-order valence-corrected chi connectivity index (χ3v) is 5.13. The second-order valence-corrected chi connectivity index (χ2v) is 6.68. The maximum absolute atomic E-state index is 15.1. The normalized spacial score (nSPS) is 22.4. The summed E-state index contributed by atoms with van der Waals surface area (Å²) in [5.74, 6) is -3.08. The average Bonchev–Trinajstić information content (AvgIpc) is 2.93. The van der Waals surface area contributed by atoms with Crippen molar-refractivity contribution in [2.24, 2.45) is 0 Å². The predicted octanol–water partition coefficient (Wildman–Crippen LogP) is 0.557. The number of nitrogens with one attached hydrogen (secondary N) is 2. The van der Waals surface area contributed by atoms with Crippen LogP contribution in [0, 0.1) is 11.6 Å². The van der Waals surface area contributed by atoms with Crippen LogP contribution in [0.2, 0.25) is 0 Å². The molecule has 0 aliphatic carbocycles. The number of imide groups is 1. The molecule has 2 saturated heterocycles. The Kier molecular flexibility index (Phi) is 5.34. The quantitative estimate of drug-likeness (QED) is 0.709. The van der Waals surface area contributed by atoms with Crippen LogP contribution in [0.25, 0.3) is 0 Å². The second kappa shape index (κ2) is 7.40. The molecule has 2 fully saturated rings. The van der Waals surface area contributed by atoms with E-state index in [1.165, 1.54) is 4.90 Å². The third kappa shape index (κ3) is 3.25. The molecule has 10 heteroatoms. The average molecular weight is 401 g/mol. The Morgan fingerprint density at radius 2 is 1.81 bits per heavy atom. The van der Waals surface area contributed by atoms with E-state index >= 15 is 4.39 Å². The van der Waals surface area contributed by atoms with Gasteiger partial charge in [0.15, 0.2) is 5.82 Å². The van der Waals surface area contributed by atoms with E-state index in [-0.39, 0.29) is 48.6 Å². The molecule has 0 aromatic heterocycles. The summed E-state index contributed by atoms with van der Waals surface area (Å²) in [6.07, 6.45) is 0.290. The first kappa shape index (κ1) is 19.5. The topological polar surface area (TPSA) is 81.8 Å². The molecule has 3 aliphatic rings. The van der Waals surface area contributed by atoms with Gasteiger partial charge in [0.25, 0.3) is 5.91 Å². The van der Waals surface area contributed by atoms with Crippen LogP contribution in [0.5, 0.6) is 0 Å². The van der Waals surface area contributed by atoms with Crippen molar-refractivity contribution in [3.05, 3.63) is 28.8 Å². The van der Waals surface area contributed by atoms with E-state index in [9.17, 15) is 18.8 Å². The van der Waals surface area contributed by atoms with Gasteiger partial charge in [-0.25, -0.2) is 8.78 Å². The molecule has 1 aromatic rings. The Balaban J connectivity index is 0.00000210. The van der Waals surface area contributed by atoms with Crippen molar-refractivity contribution >= 4 is 35.8 Å². The van der Waals surface area contributed by atoms with Crippen molar-refractivity contribution in [1.82, 2.24) is 15.5 Å². The number of hydrogen-bond donors (Lipinski definition) is 2. The minimum Gasteiger partial charge on any atom is -0.364 e. The zero-order valence-electron chi connectivity index (χ0n) is 14.4. The number of amides is 3. The molecule has 0 radical (unpaired) electrons. The first-order valence-corrected chi connectivity index (χ1v) is 8.58. The lowest BCUT2D eigenvalue weighted by Gasteiger charge is -2.30. The van der Waals surface area contributed by atoms with Crippen LogP contribution in [0.15, 0.2) is 6.07 Å². The van der Waals surface area contributed by atoms with Crippen LogP contribution < -0.4 is 15.5 Å². The van der Waals surface area contributed by atoms with Gasteiger partial charge in [-0.1, -0.05) is 0 Å². The van der Waals surface area contributed by atoms with Gasteiger partial charge >= 0.3 is 0 Å². The lowest BCUT2D eigenvalue weighted by molar-refractivity contribution is -0.136. The standard InChI is InChI=1S/C17H18F2N4O3.ClH/c18-11-7-9-10(14(19)15(11)22-5-3-20-4-6-22)8-23(17(9)26)12-1-2-13(24)21-16(12)25;/h7,12,20H,1-6,8H2,(H,21,24,25);1H. The van der Waals surface area contributed by atoms with Gasteiger partial charge in [-0.3, -0.25) is 19.7 Å². The minimum atomic E-state index is -0.849. The fraction of sp³-hybridized carbons (Fsp3) is 0.471. The molecule has 7 nitrogen and oxygen atoms in total. The second-order valence-electron chi connectivity index (χ2n) is 6.68. The predicted molar refractivity (Wildman–Crippen MR) is 94.7 cm³/mol. The summed E-state index contributed by atoms with van der Waals surface area (Å²) in [7, 11) is 0. The van der Waals surface area contributed by atoms with Gasteiger partial charge in [0, 0.05) is 38.2 Å². The van der Waals surface area contributed by atoms with Crippen molar-refractivity contribution in [1.29, 1.82) is 0 Å². The monoisotopic (exact) mass is 400 g/mol. The van der Waals surface area contributed by atoms with Gasteiger partial charge in [0.2, 0.25) is 11.8 Å². The van der Waals surface area contributed by atoms with Crippen molar-refractivity contribution in [2.45, 2.75) is 25.4 Å². The van der Waals surface area contributed by atoms with Gasteiger partial charge in [0.1, 0.15) is 17.5 Å². The van der Waals surface area contributed by atoms with Gasteiger partial charge in [-0.05, 0) is 12.5 Å². The number of halogens is 3. The SMILES string of the molecule is Cl.O=C1CCC(N2Cc3c(cc(F)c(N4CCNCC4)c3F)C2=O)C(=O)N1. The molecule has 1 atom stereocenters. The van der Waals surface area contributed by atoms with Gasteiger partial charge in [-0.15, -0.1) is 12.4 Å². The lowest BCUT2D eigenvalue weighted by atomic mass is 10.0. The molecule has 3 aliphatic heterocycles. The molecule has 0 bridgehead atoms. The van der Waals surface area contributed by atoms with Gasteiger partial charge < -0.3 is 15.1 Å². The van der Waals surface area contributed by atoms with Crippen LogP contribution >= 0.6 is 12.4 Å². The van der Waals surface area contributed by atoms with Crippen LogP contribution in [0.4, 0.5) is 14.5 Å². The van der Waals surface area contributed by atoms with E-state index in [0.717, 1.165) is 6.07 Å².